The first-order chi connectivity index (χ1) is 9.70. The van der Waals surface area contributed by atoms with Crippen LogP contribution in [0.4, 0.5) is 5.69 Å². The fourth-order valence-corrected chi connectivity index (χ4v) is 5.19. The highest BCUT2D eigenvalue weighted by Gasteiger charge is 2.22. The summed E-state index contributed by atoms with van der Waals surface area (Å²) in [5, 5.41) is 18.4. The molecule has 0 bridgehead atoms. The van der Waals surface area contributed by atoms with Crippen molar-refractivity contribution in [2.24, 2.45) is 0 Å². The summed E-state index contributed by atoms with van der Waals surface area (Å²) >= 11 is 4.47. The largest absolute Gasteiger partial charge is 0.508 e. The van der Waals surface area contributed by atoms with Gasteiger partial charge in [-0.05, 0) is 47.1 Å². The number of carboxylic acid groups (broad SMARTS) is 1. The van der Waals surface area contributed by atoms with Gasteiger partial charge in [-0.15, -0.1) is 11.3 Å². The molecule has 0 fully saturated rings. The summed E-state index contributed by atoms with van der Waals surface area (Å²) in [5.74, 6) is -1.60. The number of phenolic OH excluding ortho intramolecular Hbond substituents is 1. The summed E-state index contributed by atoms with van der Waals surface area (Å²) in [6.07, 6.45) is 0. The fraction of sp³-hybridized carbons (Fsp3) is 0.0833. The number of benzene rings is 1. The number of anilines is 1. The van der Waals surface area contributed by atoms with Gasteiger partial charge in [0.1, 0.15) is 10.6 Å². The quantitative estimate of drug-likeness (QED) is 0.694. The molecule has 2 aromatic rings. The lowest BCUT2D eigenvalue weighted by molar-refractivity contribution is 0.0697. The number of aromatic hydroxyl groups is 1. The zero-order valence-corrected chi connectivity index (χ0v) is 13.8. The summed E-state index contributed by atoms with van der Waals surface area (Å²) in [7, 11) is -3.91. The van der Waals surface area contributed by atoms with Crippen LogP contribution in [0.15, 0.2) is 32.9 Å². The van der Waals surface area contributed by atoms with Crippen LogP contribution < -0.4 is 4.72 Å². The topological polar surface area (TPSA) is 104 Å². The Labute approximate surface area is 133 Å². The predicted molar refractivity (Wildman–Crippen MR) is 82.6 cm³/mol. The molecular weight excluding hydrogens is 382 g/mol. The van der Waals surface area contributed by atoms with Crippen LogP contribution >= 0.6 is 27.3 Å². The zero-order chi connectivity index (χ0) is 15.8. The van der Waals surface area contributed by atoms with Gasteiger partial charge in [0, 0.05) is 4.88 Å². The number of aryl methyl sites for hydroxylation is 1. The van der Waals surface area contributed by atoms with Crippen molar-refractivity contribution in [3.63, 3.8) is 0 Å². The molecule has 0 atom stereocenters. The van der Waals surface area contributed by atoms with Crippen molar-refractivity contribution in [2.75, 3.05) is 4.72 Å². The molecule has 112 valence electrons. The molecule has 0 spiro atoms. The van der Waals surface area contributed by atoms with Crippen molar-refractivity contribution in [1.82, 2.24) is 0 Å². The van der Waals surface area contributed by atoms with Gasteiger partial charge in [0.15, 0.2) is 0 Å². The monoisotopic (exact) mass is 391 g/mol. The van der Waals surface area contributed by atoms with E-state index in [1.807, 2.05) is 0 Å². The Balaban J connectivity index is 2.47. The maximum atomic E-state index is 12.3. The number of carboxylic acids is 1. The Morgan fingerprint density at radius 3 is 2.52 bits per heavy atom. The summed E-state index contributed by atoms with van der Waals surface area (Å²) in [5.41, 5.74) is -0.437. The highest BCUT2D eigenvalue weighted by molar-refractivity contribution is 9.11. The molecule has 0 aliphatic rings. The average Bonchev–Trinajstić information content (AvgIpc) is 2.71. The van der Waals surface area contributed by atoms with Crippen molar-refractivity contribution >= 4 is 48.9 Å². The van der Waals surface area contributed by atoms with Gasteiger partial charge >= 0.3 is 5.97 Å². The predicted octanol–water partition coefficient (Wildman–Crippen LogP) is 3.02. The Hall–Kier alpha value is -1.58. The summed E-state index contributed by atoms with van der Waals surface area (Å²) < 4.78 is 27.5. The van der Waals surface area contributed by atoms with Crippen LogP contribution in [-0.2, 0) is 10.0 Å². The summed E-state index contributed by atoms with van der Waals surface area (Å²) in [6.45, 7) is 1.65. The van der Waals surface area contributed by atoms with Crippen LogP contribution in [0.25, 0.3) is 0 Å². The zero-order valence-electron chi connectivity index (χ0n) is 10.6. The van der Waals surface area contributed by atoms with Crippen LogP contribution in [0.5, 0.6) is 5.75 Å². The average molecular weight is 392 g/mol. The number of sulfonamides is 1. The number of thiophene rings is 1. The van der Waals surface area contributed by atoms with E-state index in [0.717, 1.165) is 6.07 Å². The molecule has 0 radical (unpaired) electrons. The van der Waals surface area contributed by atoms with Crippen LogP contribution in [0.2, 0.25) is 0 Å². The normalized spacial score (nSPS) is 11.3. The Kier molecular flexibility index (Phi) is 4.26. The molecule has 0 amide bonds. The number of hydrogen-bond acceptors (Lipinski definition) is 5. The van der Waals surface area contributed by atoms with Crippen molar-refractivity contribution in [1.29, 1.82) is 0 Å². The standard InChI is InChI=1S/C12H10BrNO5S2/c1-6-10(5-11(13)20-6)21(18,19)14-9-3-2-7(15)4-8(9)12(16)17/h2-5,14-15H,1H3,(H,16,17). The van der Waals surface area contributed by atoms with Gasteiger partial charge in [-0.25, -0.2) is 13.2 Å². The van der Waals surface area contributed by atoms with E-state index in [1.165, 1.54) is 29.5 Å². The Morgan fingerprint density at radius 2 is 2.00 bits per heavy atom. The second kappa shape index (κ2) is 5.66. The number of rotatable bonds is 4. The second-order valence-electron chi connectivity index (χ2n) is 4.11. The third-order valence-corrected chi connectivity index (χ3v) is 5.78. The van der Waals surface area contributed by atoms with Crippen molar-refractivity contribution in [3.8, 4) is 5.75 Å². The first-order valence-electron chi connectivity index (χ1n) is 5.56. The molecule has 1 heterocycles. The van der Waals surface area contributed by atoms with Gasteiger partial charge in [0.05, 0.1) is 15.0 Å². The molecule has 6 nitrogen and oxygen atoms in total. The van der Waals surface area contributed by atoms with Crippen molar-refractivity contribution < 1.29 is 23.4 Å². The molecule has 21 heavy (non-hydrogen) atoms. The molecule has 0 aliphatic heterocycles. The SMILES string of the molecule is Cc1sc(Br)cc1S(=O)(=O)Nc1ccc(O)cc1C(=O)O. The lowest BCUT2D eigenvalue weighted by Crippen LogP contribution is -2.15. The van der Waals surface area contributed by atoms with Gasteiger partial charge in [-0.1, -0.05) is 0 Å². The first-order valence-corrected chi connectivity index (χ1v) is 8.65. The maximum Gasteiger partial charge on any atom is 0.337 e. The molecule has 2 rings (SSSR count). The van der Waals surface area contributed by atoms with Gasteiger partial charge in [-0.3, -0.25) is 4.72 Å². The maximum absolute atomic E-state index is 12.3. The second-order valence-corrected chi connectivity index (χ2v) is 8.40. The van der Waals surface area contributed by atoms with Gasteiger partial charge in [0.2, 0.25) is 0 Å². The van der Waals surface area contributed by atoms with Crippen LogP contribution in [-0.4, -0.2) is 24.6 Å². The van der Waals surface area contributed by atoms with E-state index in [-0.39, 0.29) is 21.9 Å². The van der Waals surface area contributed by atoms with E-state index in [4.69, 9.17) is 5.11 Å². The van der Waals surface area contributed by atoms with E-state index in [2.05, 4.69) is 20.7 Å². The number of halogens is 1. The number of carbonyl (C=O) groups is 1. The molecule has 9 heteroatoms. The third kappa shape index (κ3) is 3.36. The third-order valence-electron chi connectivity index (χ3n) is 2.61. The van der Waals surface area contributed by atoms with E-state index < -0.39 is 16.0 Å². The molecule has 1 aromatic heterocycles. The molecule has 1 aromatic carbocycles. The first kappa shape index (κ1) is 15.8. The number of nitrogens with one attached hydrogen (secondary N) is 1. The van der Waals surface area contributed by atoms with Gasteiger partial charge in [-0.2, -0.15) is 0 Å². The molecular formula is C12H10BrNO5S2. The smallest absolute Gasteiger partial charge is 0.337 e. The van der Waals surface area contributed by atoms with Gasteiger partial charge in [0.25, 0.3) is 10.0 Å². The minimum Gasteiger partial charge on any atom is -0.508 e. The van der Waals surface area contributed by atoms with Crippen LogP contribution in [0.1, 0.15) is 15.2 Å². The van der Waals surface area contributed by atoms with Crippen LogP contribution in [0.3, 0.4) is 0 Å². The Morgan fingerprint density at radius 1 is 1.33 bits per heavy atom. The molecule has 0 unspecified atom stereocenters. The van der Waals surface area contributed by atoms with E-state index >= 15 is 0 Å². The summed E-state index contributed by atoms with van der Waals surface area (Å²) in [6, 6.07) is 4.84. The number of phenols is 1. The molecule has 0 saturated heterocycles. The molecule has 3 N–H and O–H groups in total. The lowest BCUT2D eigenvalue weighted by Gasteiger charge is -2.10. The summed E-state index contributed by atoms with van der Waals surface area (Å²) in [4.78, 5) is 11.8. The number of hydrogen-bond donors (Lipinski definition) is 3. The van der Waals surface area contributed by atoms with E-state index in [0.29, 0.717) is 8.66 Å². The van der Waals surface area contributed by atoms with Crippen molar-refractivity contribution in [2.45, 2.75) is 11.8 Å². The molecule has 0 aliphatic carbocycles. The number of aromatic carboxylic acids is 1. The fourth-order valence-electron chi connectivity index (χ4n) is 1.70. The van der Waals surface area contributed by atoms with Crippen molar-refractivity contribution in [3.05, 3.63) is 38.5 Å². The minimum absolute atomic E-state index is 0.0730. The van der Waals surface area contributed by atoms with Gasteiger partial charge < -0.3 is 10.2 Å². The highest BCUT2D eigenvalue weighted by atomic mass is 79.9. The highest BCUT2D eigenvalue weighted by Crippen LogP contribution is 2.31. The van der Waals surface area contributed by atoms with Crippen LogP contribution in [0, 0.1) is 6.92 Å². The lowest BCUT2D eigenvalue weighted by atomic mass is 10.2. The Bertz CT molecular complexity index is 813. The minimum atomic E-state index is -3.91. The molecule has 0 saturated carbocycles. The van der Waals surface area contributed by atoms with E-state index in [1.54, 1.807) is 6.92 Å². The van der Waals surface area contributed by atoms with E-state index in [9.17, 15) is 18.3 Å².